The molecule has 1 unspecified atom stereocenters. The largest absolute Gasteiger partial charge is 0.179 e. The first kappa shape index (κ1) is 11.7. The number of hydrogen-bond donors (Lipinski definition) is 2. The van der Waals surface area contributed by atoms with Crippen LogP contribution in [0.25, 0.3) is 0 Å². The lowest BCUT2D eigenvalue weighted by atomic mass is 10.1. The van der Waals surface area contributed by atoms with E-state index < -0.39 is 0 Å². The topological polar surface area (TPSA) is 0 Å². The van der Waals surface area contributed by atoms with Crippen LogP contribution in [0.3, 0.4) is 0 Å². The third kappa shape index (κ3) is 8.61. The number of rotatable bonds is 7. The minimum atomic E-state index is 0.587. The van der Waals surface area contributed by atoms with Gasteiger partial charge in [0, 0.05) is 5.25 Å². The SMILES string of the molecule is CCCCCCC(S)CCS. The van der Waals surface area contributed by atoms with E-state index in [0.29, 0.717) is 5.25 Å². The minimum Gasteiger partial charge on any atom is -0.179 e. The van der Waals surface area contributed by atoms with E-state index in [4.69, 9.17) is 0 Å². The van der Waals surface area contributed by atoms with Gasteiger partial charge in [0.25, 0.3) is 0 Å². The van der Waals surface area contributed by atoms with Crippen molar-refractivity contribution in [1.29, 1.82) is 0 Å². The second kappa shape index (κ2) is 8.79. The van der Waals surface area contributed by atoms with Crippen molar-refractivity contribution < 1.29 is 0 Å². The maximum Gasteiger partial charge on any atom is 0.00245 e. The van der Waals surface area contributed by atoms with Crippen LogP contribution in [-0.4, -0.2) is 11.0 Å². The highest BCUT2D eigenvalue weighted by molar-refractivity contribution is 7.81. The fourth-order valence-electron chi connectivity index (χ4n) is 1.10. The van der Waals surface area contributed by atoms with Crippen molar-refractivity contribution in [2.45, 2.75) is 50.7 Å². The van der Waals surface area contributed by atoms with Crippen molar-refractivity contribution in [3.05, 3.63) is 0 Å². The van der Waals surface area contributed by atoms with Crippen LogP contribution >= 0.6 is 25.3 Å². The molecular formula is C9H20S2. The molecule has 68 valence electrons. The first-order valence-electron chi connectivity index (χ1n) is 4.60. The molecule has 0 aromatic rings. The summed E-state index contributed by atoms with van der Waals surface area (Å²) >= 11 is 8.64. The van der Waals surface area contributed by atoms with Gasteiger partial charge in [-0.2, -0.15) is 25.3 Å². The first-order chi connectivity index (χ1) is 5.31. The second-order valence-electron chi connectivity index (χ2n) is 3.02. The van der Waals surface area contributed by atoms with E-state index in [1.54, 1.807) is 0 Å². The van der Waals surface area contributed by atoms with E-state index in [-0.39, 0.29) is 0 Å². The summed E-state index contributed by atoms with van der Waals surface area (Å²) in [6.45, 7) is 2.24. The van der Waals surface area contributed by atoms with Gasteiger partial charge in [0.1, 0.15) is 0 Å². The molecule has 0 rings (SSSR count). The van der Waals surface area contributed by atoms with Gasteiger partial charge in [0.15, 0.2) is 0 Å². The van der Waals surface area contributed by atoms with E-state index in [1.165, 1.54) is 32.1 Å². The monoisotopic (exact) mass is 192 g/mol. The van der Waals surface area contributed by atoms with Crippen LogP contribution in [0.15, 0.2) is 0 Å². The molecule has 1 atom stereocenters. The average Bonchev–Trinajstić information content (AvgIpc) is 1.99. The minimum absolute atomic E-state index is 0.587. The van der Waals surface area contributed by atoms with Gasteiger partial charge in [-0.1, -0.05) is 32.6 Å². The lowest BCUT2D eigenvalue weighted by Crippen LogP contribution is -1.98. The fourth-order valence-corrected chi connectivity index (χ4v) is 1.93. The highest BCUT2D eigenvalue weighted by atomic mass is 32.1. The molecule has 0 bridgehead atoms. The van der Waals surface area contributed by atoms with Crippen LogP contribution in [0, 0.1) is 0 Å². The summed E-state index contributed by atoms with van der Waals surface area (Å²) in [5, 5.41) is 0.587. The van der Waals surface area contributed by atoms with Crippen molar-refractivity contribution in [1.82, 2.24) is 0 Å². The molecule has 0 heterocycles. The molecule has 0 radical (unpaired) electrons. The molecule has 0 aliphatic carbocycles. The summed E-state index contributed by atoms with van der Waals surface area (Å²) in [7, 11) is 0. The van der Waals surface area contributed by atoms with E-state index in [1.807, 2.05) is 0 Å². The quantitative estimate of drug-likeness (QED) is 0.447. The zero-order chi connectivity index (χ0) is 8.53. The lowest BCUT2D eigenvalue weighted by molar-refractivity contribution is 0.614. The summed E-state index contributed by atoms with van der Waals surface area (Å²) in [5.41, 5.74) is 0. The Kier molecular flexibility index (Phi) is 9.35. The van der Waals surface area contributed by atoms with Crippen LogP contribution in [0.1, 0.15) is 45.4 Å². The maximum atomic E-state index is 4.46. The summed E-state index contributed by atoms with van der Waals surface area (Å²) in [6.07, 6.45) is 7.84. The molecule has 0 N–H and O–H groups in total. The summed E-state index contributed by atoms with van der Waals surface area (Å²) in [6, 6.07) is 0. The van der Waals surface area contributed by atoms with Gasteiger partial charge in [-0.05, 0) is 18.6 Å². The van der Waals surface area contributed by atoms with Crippen molar-refractivity contribution >= 4 is 25.3 Å². The van der Waals surface area contributed by atoms with Gasteiger partial charge in [0.05, 0.1) is 0 Å². The van der Waals surface area contributed by atoms with E-state index >= 15 is 0 Å². The Morgan fingerprint density at radius 1 is 1.09 bits per heavy atom. The zero-order valence-corrected chi connectivity index (χ0v) is 9.21. The molecule has 0 amide bonds. The maximum absolute atomic E-state index is 4.46. The van der Waals surface area contributed by atoms with Gasteiger partial charge in [-0.25, -0.2) is 0 Å². The van der Waals surface area contributed by atoms with Crippen LogP contribution in [0.4, 0.5) is 0 Å². The molecule has 2 heteroatoms. The molecule has 0 aromatic heterocycles. The Labute approximate surface area is 82.0 Å². The van der Waals surface area contributed by atoms with Crippen LogP contribution in [0.2, 0.25) is 0 Å². The Morgan fingerprint density at radius 3 is 2.36 bits per heavy atom. The molecule has 0 nitrogen and oxygen atoms in total. The molecule has 0 saturated carbocycles. The Bertz CT molecular complexity index is 74.0. The van der Waals surface area contributed by atoms with E-state index in [9.17, 15) is 0 Å². The third-order valence-electron chi connectivity index (χ3n) is 1.85. The molecule has 11 heavy (non-hydrogen) atoms. The second-order valence-corrected chi connectivity index (χ2v) is 4.19. The Hall–Kier alpha value is 0.700. The average molecular weight is 192 g/mol. The summed E-state index contributed by atoms with van der Waals surface area (Å²) < 4.78 is 0. The Morgan fingerprint density at radius 2 is 1.82 bits per heavy atom. The molecule has 0 aromatic carbocycles. The van der Waals surface area contributed by atoms with Crippen molar-refractivity contribution in [2.75, 3.05) is 5.75 Å². The zero-order valence-electron chi connectivity index (χ0n) is 7.42. The lowest BCUT2D eigenvalue weighted by Gasteiger charge is -2.07. The fraction of sp³-hybridized carbons (Fsp3) is 1.00. The van der Waals surface area contributed by atoms with Gasteiger partial charge in [-0.15, -0.1) is 0 Å². The molecule has 0 aliphatic heterocycles. The van der Waals surface area contributed by atoms with Crippen LogP contribution < -0.4 is 0 Å². The molecule has 0 saturated heterocycles. The highest BCUT2D eigenvalue weighted by Crippen LogP contribution is 2.12. The van der Waals surface area contributed by atoms with Gasteiger partial charge < -0.3 is 0 Å². The van der Waals surface area contributed by atoms with E-state index in [2.05, 4.69) is 32.2 Å². The van der Waals surface area contributed by atoms with Gasteiger partial charge in [-0.3, -0.25) is 0 Å². The molecule has 0 aliphatic rings. The predicted molar refractivity (Wildman–Crippen MR) is 60.0 cm³/mol. The predicted octanol–water partition coefficient (Wildman–Crippen LogP) is 3.58. The standard InChI is InChI=1S/C9H20S2/c1-2-3-4-5-6-9(11)7-8-10/h9-11H,2-8H2,1H3. The van der Waals surface area contributed by atoms with E-state index in [0.717, 1.165) is 12.2 Å². The van der Waals surface area contributed by atoms with Crippen molar-refractivity contribution in [2.24, 2.45) is 0 Å². The molecular weight excluding hydrogens is 172 g/mol. The molecule has 0 fully saturated rings. The van der Waals surface area contributed by atoms with Crippen molar-refractivity contribution in [3.8, 4) is 0 Å². The third-order valence-corrected chi connectivity index (χ3v) is 2.63. The number of hydrogen-bond acceptors (Lipinski definition) is 2. The van der Waals surface area contributed by atoms with Crippen LogP contribution in [0.5, 0.6) is 0 Å². The highest BCUT2D eigenvalue weighted by Gasteiger charge is 2.00. The summed E-state index contributed by atoms with van der Waals surface area (Å²) in [4.78, 5) is 0. The normalized spacial score (nSPS) is 13.4. The summed E-state index contributed by atoms with van der Waals surface area (Å²) in [5.74, 6) is 0.974. The first-order valence-corrected chi connectivity index (χ1v) is 5.75. The smallest absolute Gasteiger partial charge is 0.00245 e. The number of thiol groups is 2. The van der Waals surface area contributed by atoms with Gasteiger partial charge >= 0.3 is 0 Å². The Balaban J connectivity index is 2.97. The van der Waals surface area contributed by atoms with Gasteiger partial charge in [0.2, 0.25) is 0 Å². The van der Waals surface area contributed by atoms with Crippen LogP contribution in [-0.2, 0) is 0 Å². The van der Waals surface area contributed by atoms with Crippen molar-refractivity contribution in [3.63, 3.8) is 0 Å². The molecule has 0 spiro atoms. The number of unbranched alkanes of at least 4 members (excludes halogenated alkanes) is 3.